The molecular formula is C16H16FN3O. The molecule has 1 amide bonds. The summed E-state index contributed by atoms with van der Waals surface area (Å²) in [6, 6.07) is 11.2. The molecule has 0 aromatic heterocycles. The minimum atomic E-state index is -0.566. The molecule has 0 atom stereocenters. The molecular weight excluding hydrogens is 269 g/mol. The van der Waals surface area contributed by atoms with Crippen molar-refractivity contribution in [3.63, 3.8) is 0 Å². The molecule has 108 valence electrons. The predicted molar refractivity (Wildman–Crippen MR) is 83.9 cm³/mol. The lowest BCUT2D eigenvalue weighted by molar-refractivity contribution is -0.112. The van der Waals surface area contributed by atoms with E-state index in [1.54, 1.807) is 37.3 Å². The molecule has 0 unspecified atom stereocenters. The van der Waals surface area contributed by atoms with Crippen molar-refractivity contribution < 1.29 is 9.18 Å². The molecule has 2 aromatic rings. The van der Waals surface area contributed by atoms with E-state index < -0.39 is 5.82 Å². The van der Waals surface area contributed by atoms with Gasteiger partial charge in [0.15, 0.2) is 0 Å². The number of nitrogens with two attached hydrogens (primary N) is 2. The van der Waals surface area contributed by atoms with E-state index in [2.05, 4.69) is 5.32 Å². The summed E-state index contributed by atoms with van der Waals surface area (Å²) in [6.07, 6.45) is 1.70. The van der Waals surface area contributed by atoms with Crippen LogP contribution in [0.2, 0.25) is 0 Å². The van der Waals surface area contributed by atoms with Gasteiger partial charge in [0, 0.05) is 16.9 Å². The number of nitrogens with one attached hydrogen (secondary N) is 1. The summed E-state index contributed by atoms with van der Waals surface area (Å²) in [4.78, 5) is 12.0. The van der Waals surface area contributed by atoms with Gasteiger partial charge in [-0.1, -0.05) is 12.1 Å². The summed E-state index contributed by atoms with van der Waals surface area (Å²) < 4.78 is 13.6. The lowest BCUT2D eigenvalue weighted by Crippen LogP contribution is -2.13. The van der Waals surface area contributed by atoms with E-state index >= 15 is 0 Å². The van der Waals surface area contributed by atoms with Crippen LogP contribution in [0.25, 0.3) is 6.08 Å². The molecule has 0 fully saturated rings. The van der Waals surface area contributed by atoms with Gasteiger partial charge in [-0.05, 0) is 48.9 Å². The summed E-state index contributed by atoms with van der Waals surface area (Å²) in [5.74, 6) is -0.945. The van der Waals surface area contributed by atoms with Gasteiger partial charge in [0.25, 0.3) is 5.91 Å². The average Bonchev–Trinajstić information content (AvgIpc) is 2.44. The van der Waals surface area contributed by atoms with Gasteiger partial charge < -0.3 is 16.8 Å². The Balaban J connectivity index is 2.13. The number of anilines is 3. The largest absolute Gasteiger partial charge is 0.399 e. The monoisotopic (exact) mass is 285 g/mol. The molecule has 0 saturated heterocycles. The Bertz CT molecular complexity index is 693. The molecule has 2 aromatic carbocycles. The number of rotatable bonds is 3. The first-order valence-electron chi connectivity index (χ1n) is 6.36. The number of carbonyl (C=O) groups is 1. The highest BCUT2D eigenvalue weighted by Crippen LogP contribution is 2.18. The van der Waals surface area contributed by atoms with Crippen LogP contribution in [-0.4, -0.2) is 5.91 Å². The normalized spacial score (nSPS) is 11.2. The Morgan fingerprint density at radius 1 is 1.10 bits per heavy atom. The van der Waals surface area contributed by atoms with Gasteiger partial charge in [-0.25, -0.2) is 4.39 Å². The lowest BCUT2D eigenvalue weighted by Gasteiger charge is -2.07. The fraction of sp³-hybridized carbons (Fsp3) is 0.0625. The van der Waals surface area contributed by atoms with Crippen molar-refractivity contribution in [2.75, 3.05) is 16.8 Å². The average molecular weight is 285 g/mol. The molecule has 0 saturated carbocycles. The molecule has 0 aliphatic rings. The van der Waals surface area contributed by atoms with Crippen LogP contribution in [0.1, 0.15) is 12.5 Å². The maximum atomic E-state index is 13.6. The summed E-state index contributed by atoms with van der Waals surface area (Å²) in [7, 11) is 0. The number of carbonyl (C=O) groups excluding carboxylic acids is 1. The second-order valence-corrected chi connectivity index (χ2v) is 4.69. The first-order chi connectivity index (χ1) is 9.95. The van der Waals surface area contributed by atoms with Crippen LogP contribution in [0.15, 0.2) is 48.0 Å². The van der Waals surface area contributed by atoms with Crippen molar-refractivity contribution in [2.24, 2.45) is 0 Å². The first-order valence-corrected chi connectivity index (χ1v) is 6.36. The van der Waals surface area contributed by atoms with Crippen molar-refractivity contribution in [1.29, 1.82) is 0 Å². The molecule has 0 heterocycles. The SMILES string of the molecule is C/C(=C\c1ccc(N)cc1)C(=O)Nc1ccc(N)cc1F. The van der Waals surface area contributed by atoms with Gasteiger partial charge in [0.05, 0.1) is 5.69 Å². The number of amides is 1. The van der Waals surface area contributed by atoms with Crippen molar-refractivity contribution in [2.45, 2.75) is 6.92 Å². The van der Waals surface area contributed by atoms with Gasteiger partial charge >= 0.3 is 0 Å². The van der Waals surface area contributed by atoms with Crippen LogP contribution in [0.5, 0.6) is 0 Å². The fourth-order valence-corrected chi connectivity index (χ4v) is 1.76. The van der Waals surface area contributed by atoms with E-state index in [-0.39, 0.29) is 11.6 Å². The molecule has 21 heavy (non-hydrogen) atoms. The summed E-state index contributed by atoms with van der Waals surface area (Å²) in [6.45, 7) is 1.65. The molecule has 0 bridgehead atoms. The van der Waals surface area contributed by atoms with Crippen LogP contribution in [-0.2, 0) is 4.79 Å². The van der Waals surface area contributed by atoms with Gasteiger partial charge in [-0.2, -0.15) is 0 Å². The molecule has 0 aliphatic heterocycles. The zero-order chi connectivity index (χ0) is 15.4. The molecule has 4 nitrogen and oxygen atoms in total. The molecule has 5 N–H and O–H groups in total. The second kappa shape index (κ2) is 6.09. The van der Waals surface area contributed by atoms with Crippen molar-refractivity contribution >= 4 is 29.0 Å². The van der Waals surface area contributed by atoms with E-state index in [9.17, 15) is 9.18 Å². The van der Waals surface area contributed by atoms with Crippen LogP contribution in [0.3, 0.4) is 0 Å². The summed E-state index contributed by atoms with van der Waals surface area (Å²) in [5, 5.41) is 2.51. The van der Waals surface area contributed by atoms with Crippen molar-refractivity contribution in [3.8, 4) is 0 Å². The minimum absolute atomic E-state index is 0.0965. The first kappa shape index (κ1) is 14.6. The zero-order valence-electron chi connectivity index (χ0n) is 11.6. The van der Waals surface area contributed by atoms with Crippen LogP contribution >= 0.6 is 0 Å². The van der Waals surface area contributed by atoms with Crippen molar-refractivity contribution in [1.82, 2.24) is 0 Å². The molecule has 2 rings (SSSR count). The maximum absolute atomic E-state index is 13.6. The Kier molecular flexibility index (Phi) is 4.23. The minimum Gasteiger partial charge on any atom is -0.399 e. The second-order valence-electron chi connectivity index (χ2n) is 4.69. The highest BCUT2D eigenvalue weighted by Gasteiger charge is 2.09. The summed E-state index contributed by atoms with van der Waals surface area (Å²) in [5.41, 5.74) is 13.4. The zero-order valence-corrected chi connectivity index (χ0v) is 11.6. The van der Waals surface area contributed by atoms with Gasteiger partial charge in [-0.3, -0.25) is 4.79 Å². The number of nitrogen functional groups attached to an aromatic ring is 2. The maximum Gasteiger partial charge on any atom is 0.251 e. The Labute approximate surface area is 122 Å². The summed E-state index contributed by atoms with van der Waals surface area (Å²) >= 11 is 0. The molecule has 5 heteroatoms. The van der Waals surface area contributed by atoms with Crippen molar-refractivity contribution in [3.05, 3.63) is 59.4 Å². The molecule has 0 aliphatic carbocycles. The number of hydrogen-bond donors (Lipinski definition) is 3. The van der Waals surface area contributed by atoms with Crippen LogP contribution in [0, 0.1) is 5.82 Å². The van der Waals surface area contributed by atoms with E-state index in [0.29, 0.717) is 16.9 Å². The third-order valence-electron chi connectivity index (χ3n) is 2.92. The highest BCUT2D eigenvalue weighted by molar-refractivity contribution is 6.06. The van der Waals surface area contributed by atoms with Crippen LogP contribution in [0.4, 0.5) is 21.5 Å². The number of benzene rings is 2. The standard InChI is InChI=1S/C16H16FN3O/c1-10(8-11-2-4-12(18)5-3-11)16(21)20-15-7-6-13(19)9-14(15)17/h2-9H,18-19H2,1H3,(H,20,21)/b10-8+. The van der Waals surface area contributed by atoms with E-state index in [1.807, 2.05) is 0 Å². The Morgan fingerprint density at radius 3 is 2.33 bits per heavy atom. The topological polar surface area (TPSA) is 81.1 Å². The highest BCUT2D eigenvalue weighted by atomic mass is 19.1. The van der Waals surface area contributed by atoms with Gasteiger partial charge in [-0.15, -0.1) is 0 Å². The number of halogens is 1. The Hall–Kier alpha value is -2.82. The van der Waals surface area contributed by atoms with Gasteiger partial charge in [0.2, 0.25) is 0 Å². The number of hydrogen-bond acceptors (Lipinski definition) is 3. The molecule has 0 radical (unpaired) electrons. The lowest BCUT2D eigenvalue weighted by atomic mass is 10.1. The smallest absolute Gasteiger partial charge is 0.251 e. The fourth-order valence-electron chi connectivity index (χ4n) is 1.76. The van der Waals surface area contributed by atoms with Gasteiger partial charge in [0.1, 0.15) is 5.82 Å². The van der Waals surface area contributed by atoms with E-state index in [4.69, 9.17) is 11.5 Å². The quantitative estimate of drug-likeness (QED) is 0.599. The van der Waals surface area contributed by atoms with Crippen LogP contribution < -0.4 is 16.8 Å². The molecule has 0 spiro atoms. The predicted octanol–water partition coefficient (Wildman–Crippen LogP) is 3.03. The third-order valence-corrected chi connectivity index (χ3v) is 2.92. The van der Waals surface area contributed by atoms with E-state index in [1.165, 1.54) is 12.1 Å². The Morgan fingerprint density at radius 2 is 1.71 bits per heavy atom. The van der Waals surface area contributed by atoms with E-state index in [0.717, 1.165) is 11.6 Å². The third kappa shape index (κ3) is 3.82.